The van der Waals surface area contributed by atoms with Gasteiger partial charge in [0.15, 0.2) is 0 Å². The maximum atomic E-state index is 12.0. The molecule has 1 aliphatic heterocycles. The molecular weight excluding hydrogens is 308 g/mol. The van der Waals surface area contributed by atoms with E-state index in [1.165, 1.54) is 17.9 Å². The molecule has 124 valence electrons. The minimum absolute atomic E-state index is 0.173. The molecule has 1 heterocycles. The lowest BCUT2D eigenvalue weighted by Crippen LogP contribution is -2.38. The van der Waals surface area contributed by atoms with Crippen molar-refractivity contribution in [2.75, 3.05) is 13.7 Å². The van der Waals surface area contributed by atoms with Crippen molar-refractivity contribution in [3.05, 3.63) is 48.0 Å². The summed E-state index contributed by atoms with van der Waals surface area (Å²) in [7, 11) is 1.27. The van der Waals surface area contributed by atoms with Crippen LogP contribution in [0.4, 0.5) is 0 Å². The Morgan fingerprint density at radius 1 is 1.25 bits per heavy atom. The quantitative estimate of drug-likeness (QED) is 0.850. The molecule has 1 aliphatic rings. The largest absolute Gasteiger partial charge is 0.468 e. The normalized spacial score (nSPS) is 16.4. The van der Waals surface area contributed by atoms with Crippen LogP contribution in [0.3, 0.4) is 0 Å². The fourth-order valence-corrected chi connectivity index (χ4v) is 2.68. The number of rotatable bonds is 5. The lowest BCUT2D eigenvalue weighted by atomic mass is 9.98. The summed E-state index contributed by atoms with van der Waals surface area (Å²) in [5.74, 6) is -0.865. The molecule has 0 saturated heterocycles. The number of nitrogens with zero attached hydrogens (tertiary/aromatic N) is 1. The number of ether oxygens (including phenoxy) is 1. The number of oxime groups is 1. The Kier molecular flexibility index (Phi) is 4.74. The molecule has 6 nitrogen and oxygen atoms in total. The fourth-order valence-electron chi connectivity index (χ4n) is 2.68. The summed E-state index contributed by atoms with van der Waals surface area (Å²) < 4.78 is 4.48. The van der Waals surface area contributed by atoms with Crippen LogP contribution in [-0.4, -0.2) is 37.3 Å². The smallest absolute Gasteiger partial charge is 0.325 e. The average Bonchev–Trinajstić information content (AvgIpc) is 3.08. The highest BCUT2D eigenvalue weighted by molar-refractivity contribution is 5.97. The van der Waals surface area contributed by atoms with E-state index in [9.17, 15) is 9.59 Å². The Labute approximate surface area is 139 Å². The molecule has 1 unspecified atom stereocenters. The van der Waals surface area contributed by atoms with E-state index in [2.05, 4.69) is 39.5 Å². The molecule has 24 heavy (non-hydrogen) atoms. The second-order valence-corrected chi connectivity index (χ2v) is 5.56. The molecule has 6 heteroatoms. The third kappa shape index (κ3) is 3.53. The van der Waals surface area contributed by atoms with E-state index in [1.807, 2.05) is 18.2 Å². The summed E-state index contributed by atoms with van der Waals surface area (Å²) in [6.07, 6.45) is 0.345. The Bertz CT molecular complexity index is 795. The van der Waals surface area contributed by atoms with Gasteiger partial charge in [-0.15, -0.1) is 0 Å². The van der Waals surface area contributed by atoms with Crippen LogP contribution in [0.5, 0.6) is 0 Å². The Morgan fingerprint density at radius 3 is 2.88 bits per heavy atom. The minimum Gasteiger partial charge on any atom is -0.468 e. The van der Waals surface area contributed by atoms with Crippen LogP contribution in [-0.2, 0) is 25.6 Å². The van der Waals surface area contributed by atoms with Gasteiger partial charge in [-0.1, -0.05) is 47.6 Å². The predicted octanol–water partition coefficient (Wildman–Crippen LogP) is 1.82. The predicted molar refractivity (Wildman–Crippen MR) is 89.6 cm³/mol. The first-order chi connectivity index (χ1) is 11.7. The van der Waals surface area contributed by atoms with Crippen molar-refractivity contribution in [1.82, 2.24) is 5.32 Å². The van der Waals surface area contributed by atoms with E-state index in [-0.39, 0.29) is 12.5 Å². The monoisotopic (exact) mass is 326 g/mol. The molecule has 0 saturated carbocycles. The van der Waals surface area contributed by atoms with Gasteiger partial charge in [0.2, 0.25) is 6.10 Å². The number of nitrogens with one attached hydrogen (secondary N) is 1. The van der Waals surface area contributed by atoms with Crippen molar-refractivity contribution in [1.29, 1.82) is 0 Å². The standard InChI is InChI=1S/C18H18N2O4/c1-23-17(21)11-19-18(22)16-10-14(20-24-16)9-13-7-4-6-12-5-2-3-8-15(12)13/h2-8,16H,9-11H2,1H3,(H,19,22). The zero-order valence-corrected chi connectivity index (χ0v) is 13.3. The maximum absolute atomic E-state index is 12.0. The highest BCUT2D eigenvalue weighted by atomic mass is 16.6. The van der Waals surface area contributed by atoms with Crippen molar-refractivity contribution >= 4 is 28.4 Å². The van der Waals surface area contributed by atoms with Crippen LogP contribution in [0.1, 0.15) is 12.0 Å². The van der Waals surface area contributed by atoms with Crippen molar-refractivity contribution in [2.24, 2.45) is 5.16 Å². The third-order valence-corrected chi connectivity index (χ3v) is 3.93. The molecule has 2 aromatic carbocycles. The van der Waals surface area contributed by atoms with Gasteiger partial charge < -0.3 is 14.9 Å². The van der Waals surface area contributed by atoms with Gasteiger partial charge in [-0.25, -0.2) is 0 Å². The molecule has 0 aliphatic carbocycles. The van der Waals surface area contributed by atoms with E-state index in [4.69, 9.17) is 4.84 Å². The van der Waals surface area contributed by atoms with Crippen LogP contribution in [0, 0.1) is 0 Å². The molecule has 0 bridgehead atoms. The van der Waals surface area contributed by atoms with Crippen molar-refractivity contribution in [3.63, 3.8) is 0 Å². The second-order valence-electron chi connectivity index (χ2n) is 5.56. The summed E-state index contributed by atoms with van der Waals surface area (Å²) in [6, 6.07) is 14.3. The summed E-state index contributed by atoms with van der Waals surface area (Å²) >= 11 is 0. The molecule has 0 spiro atoms. The van der Waals surface area contributed by atoms with E-state index in [0.717, 1.165) is 11.3 Å². The van der Waals surface area contributed by atoms with Crippen molar-refractivity contribution < 1.29 is 19.2 Å². The molecule has 0 fully saturated rings. The molecule has 0 aromatic heterocycles. The molecule has 1 N–H and O–H groups in total. The molecule has 1 amide bonds. The van der Waals surface area contributed by atoms with E-state index in [0.29, 0.717) is 12.8 Å². The lowest BCUT2D eigenvalue weighted by Gasteiger charge is -2.08. The van der Waals surface area contributed by atoms with Crippen LogP contribution < -0.4 is 5.32 Å². The average molecular weight is 326 g/mol. The topological polar surface area (TPSA) is 77.0 Å². The first-order valence-electron chi connectivity index (χ1n) is 7.70. The first-order valence-corrected chi connectivity index (χ1v) is 7.70. The first kappa shape index (κ1) is 16.0. The number of methoxy groups -OCH3 is 1. The van der Waals surface area contributed by atoms with E-state index >= 15 is 0 Å². The molecule has 3 rings (SSSR count). The van der Waals surface area contributed by atoms with Crippen molar-refractivity contribution in [3.8, 4) is 0 Å². The Balaban J connectivity index is 1.61. The van der Waals surface area contributed by atoms with Crippen LogP contribution in [0.2, 0.25) is 0 Å². The zero-order chi connectivity index (χ0) is 16.9. The summed E-state index contributed by atoms with van der Waals surface area (Å²) in [5, 5.41) is 8.84. The van der Waals surface area contributed by atoms with Gasteiger partial charge in [0.25, 0.3) is 5.91 Å². The van der Waals surface area contributed by atoms with E-state index < -0.39 is 12.1 Å². The van der Waals surface area contributed by atoms with Gasteiger partial charge in [0, 0.05) is 12.8 Å². The number of fused-ring (bicyclic) bond motifs is 1. The van der Waals surface area contributed by atoms with Crippen LogP contribution >= 0.6 is 0 Å². The van der Waals surface area contributed by atoms with Crippen molar-refractivity contribution in [2.45, 2.75) is 18.9 Å². The Hall–Kier alpha value is -2.89. The molecule has 2 aromatic rings. The van der Waals surface area contributed by atoms with Gasteiger partial charge >= 0.3 is 5.97 Å². The van der Waals surface area contributed by atoms with Gasteiger partial charge in [-0.2, -0.15) is 0 Å². The highest BCUT2D eigenvalue weighted by Gasteiger charge is 2.28. The minimum atomic E-state index is -0.695. The molecular formula is C18H18N2O4. The number of amides is 1. The summed E-state index contributed by atoms with van der Waals surface area (Å²) in [5.41, 5.74) is 1.95. The fraction of sp³-hybridized carbons (Fsp3) is 0.278. The van der Waals surface area contributed by atoms with Gasteiger partial charge in [-0.05, 0) is 16.3 Å². The van der Waals surface area contributed by atoms with Gasteiger partial charge in [0.1, 0.15) is 6.54 Å². The zero-order valence-electron chi connectivity index (χ0n) is 13.3. The number of carbonyl (C=O) groups excluding carboxylic acids is 2. The maximum Gasteiger partial charge on any atom is 0.325 e. The molecule has 1 atom stereocenters. The van der Waals surface area contributed by atoms with Crippen LogP contribution in [0.25, 0.3) is 10.8 Å². The lowest BCUT2D eigenvalue weighted by molar-refractivity contribution is -0.142. The Morgan fingerprint density at radius 2 is 2.04 bits per heavy atom. The summed E-state index contributed by atoms with van der Waals surface area (Å²) in [4.78, 5) is 28.2. The molecule has 0 radical (unpaired) electrons. The second kappa shape index (κ2) is 7.12. The summed E-state index contributed by atoms with van der Waals surface area (Å²) in [6.45, 7) is -0.173. The van der Waals surface area contributed by atoms with Gasteiger partial charge in [0.05, 0.1) is 12.8 Å². The number of hydrogen-bond donors (Lipinski definition) is 1. The van der Waals surface area contributed by atoms with E-state index in [1.54, 1.807) is 0 Å². The van der Waals surface area contributed by atoms with Gasteiger partial charge in [-0.3, -0.25) is 9.59 Å². The number of benzene rings is 2. The number of carbonyl (C=O) groups is 2. The number of esters is 1. The third-order valence-electron chi connectivity index (χ3n) is 3.93. The SMILES string of the molecule is COC(=O)CNC(=O)C1CC(Cc2cccc3ccccc23)=NO1. The van der Waals surface area contributed by atoms with Crippen LogP contribution in [0.15, 0.2) is 47.6 Å². The number of hydrogen-bond acceptors (Lipinski definition) is 5. The highest BCUT2D eigenvalue weighted by Crippen LogP contribution is 2.22.